The topological polar surface area (TPSA) is 63.9 Å². The highest BCUT2D eigenvalue weighted by Gasteiger charge is 2.30. The van der Waals surface area contributed by atoms with E-state index in [-0.39, 0.29) is 24.3 Å². The fourth-order valence-corrected chi connectivity index (χ4v) is 3.20. The number of benzene rings is 2. The van der Waals surface area contributed by atoms with Gasteiger partial charge in [-0.25, -0.2) is 4.39 Å². The molecule has 25 heavy (non-hydrogen) atoms. The summed E-state index contributed by atoms with van der Waals surface area (Å²) in [5.74, 6) is -0.171. The van der Waals surface area contributed by atoms with Crippen molar-refractivity contribution >= 4 is 11.6 Å². The third-order valence-corrected chi connectivity index (χ3v) is 4.29. The minimum Gasteiger partial charge on any atom is -0.307 e. The molecule has 0 saturated heterocycles. The van der Waals surface area contributed by atoms with E-state index in [0.717, 1.165) is 17.7 Å². The number of carbonyl (C=O) groups excluding carboxylic acids is 1. The molecule has 0 fully saturated rings. The van der Waals surface area contributed by atoms with Gasteiger partial charge in [-0.15, -0.1) is 10.2 Å². The SMILES string of the molecule is CC1Cc2ccccc2N1C(=O)Cn1nnc(-c2cccc(F)c2)n1. The minimum absolute atomic E-state index is 0.0129. The molecule has 126 valence electrons. The summed E-state index contributed by atoms with van der Waals surface area (Å²) in [5.41, 5.74) is 2.62. The van der Waals surface area contributed by atoms with Crippen LogP contribution < -0.4 is 4.90 Å². The van der Waals surface area contributed by atoms with E-state index in [1.165, 1.54) is 16.9 Å². The summed E-state index contributed by atoms with van der Waals surface area (Å²) in [4.78, 5) is 15.7. The lowest BCUT2D eigenvalue weighted by Crippen LogP contribution is -2.38. The van der Waals surface area contributed by atoms with Gasteiger partial charge in [0.15, 0.2) is 0 Å². The first-order valence-corrected chi connectivity index (χ1v) is 8.05. The summed E-state index contributed by atoms with van der Waals surface area (Å²) >= 11 is 0. The maximum Gasteiger partial charge on any atom is 0.250 e. The smallest absolute Gasteiger partial charge is 0.250 e. The molecule has 0 bridgehead atoms. The molecule has 1 aliphatic heterocycles. The largest absolute Gasteiger partial charge is 0.307 e. The highest BCUT2D eigenvalue weighted by molar-refractivity contribution is 5.95. The van der Waals surface area contributed by atoms with Crippen LogP contribution in [0.15, 0.2) is 48.5 Å². The van der Waals surface area contributed by atoms with Gasteiger partial charge < -0.3 is 4.90 Å². The molecule has 3 aromatic rings. The predicted molar refractivity (Wildman–Crippen MR) is 90.3 cm³/mol. The lowest BCUT2D eigenvalue weighted by molar-refractivity contribution is -0.119. The van der Waals surface area contributed by atoms with E-state index in [0.29, 0.717) is 11.4 Å². The molecular weight excluding hydrogens is 321 g/mol. The number of carbonyl (C=O) groups is 1. The number of halogens is 1. The Balaban J connectivity index is 1.54. The molecule has 7 heteroatoms. The van der Waals surface area contributed by atoms with Crippen molar-refractivity contribution in [1.29, 1.82) is 0 Å². The van der Waals surface area contributed by atoms with Crippen LogP contribution in [0.4, 0.5) is 10.1 Å². The molecule has 0 spiro atoms. The van der Waals surface area contributed by atoms with Gasteiger partial charge in [0.25, 0.3) is 5.91 Å². The normalized spacial score (nSPS) is 16.1. The molecule has 0 aliphatic carbocycles. The molecule has 1 unspecified atom stereocenters. The maximum absolute atomic E-state index is 13.3. The van der Waals surface area contributed by atoms with Crippen LogP contribution in [0.3, 0.4) is 0 Å². The number of nitrogens with zero attached hydrogens (tertiary/aromatic N) is 5. The van der Waals surface area contributed by atoms with Crippen molar-refractivity contribution in [2.45, 2.75) is 25.9 Å². The summed E-state index contributed by atoms with van der Waals surface area (Å²) in [6.45, 7) is 2.01. The zero-order valence-corrected chi connectivity index (χ0v) is 13.6. The minimum atomic E-state index is -0.368. The van der Waals surface area contributed by atoms with Crippen molar-refractivity contribution in [3.05, 3.63) is 59.9 Å². The van der Waals surface area contributed by atoms with Gasteiger partial charge in [0.1, 0.15) is 12.4 Å². The number of rotatable bonds is 3. The first-order chi connectivity index (χ1) is 12.1. The lowest BCUT2D eigenvalue weighted by Gasteiger charge is -2.22. The lowest BCUT2D eigenvalue weighted by atomic mass is 10.1. The van der Waals surface area contributed by atoms with E-state index in [1.807, 2.05) is 31.2 Å². The summed E-state index contributed by atoms with van der Waals surface area (Å²) in [5, 5.41) is 12.0. The Morgan fingerprint density at radius 1 is 1.24 bits per heavy atom. The fourth-order valence-electron chi connectivity index (χ4n) is 3.20. The van der Waals surface area contributed by atoms with Crippen LogP contribution in [-0.4, -0.2) is 32.2 Å². The van der Waals surface area contributed by atoms with Crippen LogP contribution in [0.25, 0.3) is 11.4 Å². The second kappa shape index (κ2) is 6.08. The van der Waals surface area contributed by atoms with E-state index in [4.69, 9.17) is 0 Å². The maximum atomic E-state index is 13.3. The molecule has 0 saturated carbocycles. The van der Waals surface area contributed by atoms with Gasteiger partial charge in [0.05, 0.1) is 0 Å². The quantitative estimate of drug-likeness (QED) is 0.736. The van der Waals surface area contributed by atoms with E-state index in [1.54, 1.807) is 17.0 Å². The number of para-hydroxylation sites is 1. The first kappa shape index (κ1) is 15.4. The van der Waals surface area contributed by atoms with Gasteiger partial charge in [0, 0.05) is 17.3 Å². The zero-order valence-electron chi connectivity index (χ0n) is 13.6. The van der Waals surface area contributed by atoms with Crippen molar-refractivity contribution in [3.8, 4) is 11.4 Å². The monoisotopic (exact) mass is 337 g/mol. The van der Waals surface area contributed by atoms with Crippen LogP contribution in [-0.2, 0) is 17.8 Å². The summed E-state index contributed by atoms with van der Waals surface area (Å²) in [6, 6.07) is 13.9. The van der Waals surface area contributed by atoms with Crippen LogP contribution in [0.2, 0.25) is 0 Å². The van der Waals surface area contributed by atoms with Gasteiger partial charge in [0.2, 0.25) is 5.82 Å². The van der Waals surface area contributed by atoms with Crippen LogP contribution >= 0.6 is 0 Å². The van der Waals surface area contributed by atoms with Gasteiger partial charge in [-0.3, -0.25) is 4.79 Å². The third kappa shape index (κ3) is 2.88. The average molecular weight is 337 g/mol. The number of aromatic nitrogens is 4. The summed E-state index contributed by atoms with van der Waals surface area (Å²) < 4.78 is 13.3. The Labute approximate surface area is 143 Å². The molecule has 1 amide bonds. The Hall–Kier alpha value is -3.09. The molecule has 2 heterocycles. The Morgan fingerprint density at radius 3 is 2.92 bits per heavy atom. The van der Waals surface area contributed by atoms with Gasteiger partial charge >= 0.3 is 0 Å². The molecule has 6 nitrogen and oxygen atoms in total. The molecule has 0 N–H and O–H groups in total. The predicted octanol–water partition coefficient (Wildman–Crippen LogP) is 2.46. The average Bonchev–Trinajstić information content (AvgIpc) is 3.18. The number of amides is 1. The number of hydrogen-bond acceptors (Lipinski definition) is 4. The number of hydrogen-bond donors (Lipinski definition) is 0. The molecule has 4 rings (SSSR count). The van der Waals surface area contributed by atoms with E-state index < -0.39 is 0 Å². The van der Waals surface area contributed by atoms with E-state index >= 15 is 0 Å². The highest BCUT2D eigenvalue weighted by atomic mass is 19.1. The Bertz CT molecular complexity index is 938. The number of fused-ring (bicyclic) bond motifs is 1. The molecular formula is C18H16FN5O. The molecule has 0 radical (unpaired) electrons. The van der Waals surface area contributed by atoms with E-state index in [2.05, 4.69) is 15.4 Å². The first-order valence-electron chi connectivity index (χ1n) is 8.05. The molecule has 2 aromatic carbocycles. The zero-order chi connectivity index (χ0) is 17.4. The number of anilines is 1. The van der Waals surface area contributed by atoms with Gasteiger partial charge in [-0.1, -0.05) is 30.3 Å². The number of tetrazole rings is 1. The van der Waals surface area contributed by atoms with Crippen molar-refractivity contribution in [2.75, 3.05) is 4.90 Å². The van der Waals surface area contributed by atoms with Crippen LogP contribution in [0.5, 0.6) is 0 Å². The van der Waals surface area contributed by atoms with Gasteiger partial charge in [-0.05, 0) is 42.3 Å². The van der Waals surface area contributed by atoms with E-state index in [9.17, 15) is 9.18 Å². The summed E-state index contributed by atoms with van der Waals surface area (Å²) in [6.07, 6.45) is 0.835. The molecule has 1 aromatic heterocycles. The van der Waals surface area contributed by atoms with Gasteiger partial charge in [-0.2, -0.15) is 4.80 Å². The van der Waals surface area contributed by atoms with Crippen molar-refractivity contribution in [1.82, 2.24) is 20.2 Å². The van der Waals surface area contributed by atoms with Crippen LogP contribution in [0.1, 0.15) is 12.5 Å². The van der Waals surface area contributed by atoms with Crippen molar-refractivity contribution in [3.63, 3.8) is 0 Å². The standard InChI is InChI=1S/C18H16FN5O/c1-12-9-13-5-2-3-8-16(13)24(12)17(25)11-23-21-18(20-22-23)14-6-4-7-15(19)10-14/h2-8,10,12H,9,11H2,1H3. The Morgan fingerprint density at radius 2 is 2.08 bits per heavy atom. The third-order valence-electron chi connectivity index (χ3n) is 4.29. The highest BCUT2D eigenvalue weighted by Crippen LogP contribution is 2.31. The molecule has 1 aliphatic rings. The molecule has 1 atom stereocenters. The fraction of sp³-hybridized carbons (Fsp3) is 0.222. The van der Waals surface area contributed by atoms with Crippen molar-refractivity contribution < 1.29 is 9.18 Å². The van der Waals surface area contributed by atoms with Crippen LogP contribution in [0, 0.1) is 5.82 Å². The Kier molecular flexibility index (Phi) is 3.76. The summed E-state index contributed by atoms with van der Waals surface area (Å²) in [7, 11) is 0. The van der Waals surface area contributed by atoms with Crippen molar-refractivity contribution in [2.24, 2.45) is 0 Å². The second-order valence-corrected chi connectivity index (χ2v) is 6.10. The second-order valence-electron chi connectivity index (χ2n) is 6.10.